The van der Waals surface area contributed by atoms with E-state index in [9.17, 15) is 4.79 Å². The van der Waals surface area contributed by atoms with Crippen molar-refractivity contribution in [3.8, 4) is 5.75 Å². The van der Waals surface area contributed by atoms with Crippen LogP contribution in [0.5, 0.6) is 5.75 Å². The number of methoxy groups -OCH3 is 1. The van der Waals surface area contributed by atoms with Crippen LogP contribution in [0.3, 0.4) is 0 Å². The van der Waals surface area contributed by atoms with Crippen molar-refractivity contribution < 1.29 is 19.1 Å². The van der Waals surface area contributed by atoms with Gasteiger partial charge in [-0.2, -0.15) is 0 Å². The molecule has 5 heteroatoms. The van der Waals surface area contributed by atoms with Gasteiger partial charge < -0.3 is 20.0 Å². The molecule has 1 atom stereocenters. The summed E-state index contributed by atoms with van der Waals surface area (Å²) in [6.45, 7) is 1.87. The highest BCUT2D eigenvalue weighted by Crippen LogP contribution is 2.32. The first-order chi connectivity index (χ1) is 8.56. The molecule has 0 saturated carbocycles. The number of hydrogen-bond acceptors (Lipinski definition) is 4. The number of aliphatic carboxylic acids is 1. The van der Waals surface area contributed by atoms with Gasteiger partial charge in [-0.05, 0) is 30.7 Å². The molecule has 2 rings (SSSR count). The molecule has 3 N–H and O–H groups in total. The van der Waals surface area contributed by atoms with Gasteiger partial charge in [-0.3, -0.25) is 4.79 Å². The summed E-state index contributed by atoms with van der Waals surface area (Å²) >= 11 is 0. The van der Waals surface area contributed by atoms with Crippen LogP contribution in [0, 0.1) is 6.92 Å². The Bertz CT molecular complexity index is 588. The largest absolute Gasteiger partial charge is 0.493 e. The van der Waals surface area contributed by atoms with Crippen LogP contribution in [0.1, 0.15) is 17.2 Å². The van der Waals surface area contributed by atoms with Crippen molar-refractivity contribution >= 4 is 16.9 Å². The van der Waals surface area contributed by atoms with Crippen molar-refractivity contribution in [2.24, 2.45) is 5.73 Å². The summed E-state index contributed by atoms with van der Waals surface area (Å²) in [5.41, 5.74) is 6.75. The molecule has 1 aromatic carbocycles. The summed E-state index contributed by atoms with van der Waals surface area (Å²) in [5, 5.41) is 9.94. The zero-order valence-electron chi connectivity index (χ0n) is 10.3. The fraction of sp³-hybridized carbons (Fsp3) is 0.308. The van der Waals surface area contributed by atoms with Crippen LogP contribution in [0.15, 0.2) is 22.6 Å². The van der Waals surface area contributed by atoms with Crippen LogP contribution in [0.4, 0.5) is 0 Å². The second-order valence-electron chi connectivity index (χ2n) is 4.13. The number of furan rings is 1. The molecule has 0 aliphatic heterocycles. The monoisotopic (exact) mass is 249 g/mol. The van der Waals surface area contributed by atoms with Crippen LogP contribution < -0.4 is 10.5 Å². The fourth-order valence-corrected chi connectivity index (χ4v) is 2.00. The van der Waals surface area contributed by atoms with Crippen molar-refractivity contribution in [3.63, 3.8) is 0 Å². The Balaban J connectivity index is 2.62. The van der Waals surface area contributed by atoms with Gasteiger partial charge in [0, 0.05) is 11.9 Å². The molecule has 96 valence electrons. The predicted molar refractivity (Wildman–Crippen MR) is 66.9 cm³/mol. The summed E-state index contributed by atoms with van der Waals surface area (Å²) in [6, 6.07) is 5.29. The average molecular weight is 249 g/mol. The Kier molecular flexibility index (Phi) is 3.25. The van der Waals surface area contributed by atoms with E-state index in [0.29, 0.717) is 16.9 Å². The van der Waals surface area contributed by atoms with E-state index in [2.05, 4.69) is 0 Å². The lowest BCUT2D eigenvalue weighted by Gasteiger charge is -2.11. The highest BCUT2D eigenvalue weighted by atomic mass is 16.5. The Morgan fingerprint density at radius 2 is 2.22 bits per heavy atom. The number of hydrogen-bond donors (Lipinski definition) is 2. The van der Waals surface area contributed by atoms with Crippen molar-refractivity contribution in [1.29, 1.82) is 0 Å². The van der Waals surface area contributed by atoms with Gasteiger partial charge in [-0.25, -0.2) is 0 Å². The first-order valence-corrected chi connectivity index (χ1v) is 5.57. The number of fused-ring (bicyclic) bond motifs is 1. The van der Waals surface area contributed by atoms with Crippen molar-refractivity contribution in [3.05, 3.63) is 29.5 Å². The lowest BCUT2D eigenvalue weighted by atomic mass is 9.98. The molecular formula is C13H15NO4. The quantitative estimate of drug-likeness (QED) is 0.864. The highest BCUT2D eigenvalue weighted by Gasteiger charge is 2.21. The molecule has 1 heterocycles. The lowest BCUT2D eigenvalue weighted by molar-refractivity contribution is -0.138. The molecule has 2 aromatic rings. The predicted octanol–water partition coefficient (Wildman–Crippen LogP) is 1.88. The van der Waals surface area contributed by atoms with E-state index in [-0.39, 0.29) is 6.54 Å². The zero-order valence-corrected chi connectivity index (χ0v) is 10.3. The smallest absolute Gasteiger partial charge is 0.312 e. The van der Waals surface area contributed by atoms with Gasteiger partial charge in [-0.1, -0.05) is 0 Å². The van der Waals surface area contributed by atoms with Gasteiger partial charge in [0.1, 0.15) is 5.76 Å². The van der Waals surface area contributed by atoms with Crippen molar-refractivity contribution in [2.75, 3.05) is 13.7 Å². The van der Waals surface area contributed by atoms with Gasteiger partial charge in [0.15, 0.2) is 11.3 Å². The third-order valence-electron chi connectivity index (χ3n) is 2.88. The third-order valence-corrected chi connectivity index (χ3v) is 2.88. The van der Waals surface area contributed by atoms with E-state index in [1.54, 1.807) is 12.1 Å². The van der Waals surface area contributed by atoms with E-state index in [0.717, 1.165) is 11.1 Å². The summed E-state index contributed by atoms with van der Waals surface area (Å²) in [5.74, 6) is -0.409. The molecule has 0 aliphatic carbocycles. The molecular weight excluding hydrogens is 234 g/mol. The van der Waals surface area contributed by atoms with Crippen LogP contribution in [-0.4, -0.2) is 24.7 Å². The Morgan fingerprint density at radius 1 is 1.50 bits per heavy atom. The zero-order chi connectivity index (χ0) is 13.3. The fourth-order valence-electron chi connectivity index (χ4n) is 2.00. The minimum Gasteiger partial charge on any atom is -0.493 e. The molecule has 0 radical (unpaired) electrons. The molecule has 1 unspecified atom stereocenters. The average Bonchev–Trinajstić information content (AvgIpc) is 2.68. The van der Waals surface area contributed by atoms with Gasteiger partial charge in [0.05, 0.1) is 13.0 Å². The number of rotatable bonds is 4. The second kappa shape index (κ2) is 4.70. The van der Waals surface area contributed by atoms with Crippen molar-refractivity contribution in [2.45, 2.75) is 12.8 Å². The number of carboxylic acid groups (broad SMARTS) is 1. The molecule has 1 aromatic heterocycles. The molecule has 0 spiro atoms. The number of ether oxygens (including phenoxy) is 1. The van der Waals surface area contributed by atoms with Gasteiger partial charge in [0.2, 0.25) is 0 Å². The summed E-state index contributed by atoms with van der Waals surface area (Å²) < 4.78 is 10.7. The van der Waals surface area contributed by atoms with E-state index in [4.69, 9.17) is 20.0 Å². The standard InChI is InChI=1S/C13H15NO4/c1-7-3-9-4-8(10(6-14)13(15)16)5-11(17-2)12(9)18-7/h3-5,10H,6,14H2,1-2H3,(H,15,16). The topological polar surface area (TPSA) is 85.7 Å². The van der Waals surface area contributed by atoms with Crippen LogP contribution in [-0.2, 0) is 4.79 Å². The lowest BCUT2D eigenvalue weighted by Crippen LogP contribution is -2.21. The molecule has 0 fully saturated rings. The maximum atomic E-state index is 11.1. The maximum absolute atomic E-state index is 11.1. The number of carbonyl (C=O) groups is 1. The van der Waals surface area contributed by atoms with Gasteiger partial charge >= 0.3 is 5.97 Å². The van der Waals surface area contributed by atoms with E-state index >= 15 is 0 Å². The SMILES string of the molecule is COc1cc(C(CN)C(=O)O)cc2cc(C)oc12. The first-order valence-electron chi connectivity index (χ1n) is 5.57. The maximum Gasteiger partial charge on any atom is 0.312 e. The van der Waals surface area contributed by atoms with Crippen LogP contribution in [0.2, 0.25) is 0 Å². The van der Waals surface area contributed by atoms with E-state index < -0.39 is 11.9 Å². The van der Waals surface area contributed by atoms with Gasteiger partial charge in [-0.15, -0.1) is 0 Å². The molecule has 0 bridgehead atoms. The van der Waals surface area contributed by atoms with E-state index in [1.165, 1.54) is 7.11 Å². The summed E-state index contributed by atoms with van der Waals surface area (Å²) in [6.07, 6.45) is 0. The molecule has 0 aliphatic rings. The highest BCUT2D eigenvalue weighted by molar-refractivity contribution is 5.87. The number of benzene rings is 1. The Labute approximate surface area is 104 Å². The third kappa shape index (κ3) is 2.04. The molecule has 18 heavy (non-hydrogen) atoms. The van der Waals surface area contributed by atoms with Crippen molar-refractivity contribution in [1.82, 2.24) is 0 Å². The first kappa shape index (κ1) is 12.4. The molecule has 0 amide bonds. The minimum atomic E-state index is -0.945. The number of carboxylic acids is 1. The molecule has 0 saturated heterocycles. The number of aryl methyl sites for hydroxylation is 1. The van der Waals surface area contributed by atoms with Crippen LogP contribution >= 0.6 is 0 Å². The summed E-state index contributed by atoms with van der Waals surface area (Å²) in [7, 11) is 1.52. The Hall–Kier alpha value is -2.01. The minimum absolute atomic E-state index is 0.0425. The number of nitrogens with two attached hydrogens (primary N) is 1. The molecule has 5 nitrogen and oxygen atoms in total. The normalized spacial score (nSPS) is 12.6. The van der Waals surface area contributed by atoms with Gasteiger partial charge in [0.25, 0.3) is 0 Å². The summed E-state index contributed by atoms with van der Waals surface area (Å²) in [4.78, 5) is 11.1. The Morgan fingerprint density at radius 3 is 2.78 bits per heavy atom. The van der Waals surface area contributed by atoms with Crippen LogP contribution in [0.25, 0.3) is 11.0 Å². The second-order valence-corrected chi connectivity index (χ2v) is 4.13. The van der Waals surface area contributed by atoms with E-state index in [1.807, 2.05) is 13.0 Å².